The number of hydrogen-bond acceptors (Lipinski definition) is 3. The van der Waals surface area contributed by atoms with Gasteiger partial charge in [0, 0.05) is 27.6 Å². The normalized spacial score (nSPS) is 21.0. The first-order valence-electron chi connectivity index (χ1n) is 7.36. The average molecular weight is 360 g/mol. The van der Waals surface area contributed by atoms with Crippen LogP contribution < -0.4 is 0 Å². The molecular formula is C17H14BrNO3. The number of rotatable bonds is 2. The van der Waals surface area contributed by atoms with Crippen molar-refractivity contribution in [2.45, 2.75) is 18.9 Å². The Bertz CT molecular complexity index is 774. The molecular weight excluding hydrogens is 346 g/mol. The predicted octanol–water partition coefficient (Wildman–Crippen LogP) is 3.38. The lowest BCUT2D eigenvalue weighted by Gasteiger charge is -2.29. The van der Waals surface area contributed by atoms with Crippen LogP contribution in [0.3, 0.4) is 0 Å². The number of carbonyl (C=O) groups is 2. The lowest BCUT2D eigenvalue weighted by atomic mass is 9.94. The maximum absolute atomic E-state index is 12.7. The Morgan fingerprint density at radius 3 is 2.64 bits per heavy atom. The Balaban J connectivity index is 1.83. The third-order valence-corrected chi connectivity index (χ3v) is 5.04. The molecule has 4 nitrogen and oxygen atoms in total. The molecule has 0 aromatic heterocycles. The van der Waals surface area contributed by atoms with Gasteiger partial charge in [-0.15, -0.1) is 0 Å². The number of nitrogens with zero attached hydrogens (tertiary/aromatic N) is 1. The minimum Gasteiger partial charge on any atom is -0.376 e. The summed E-state index contributed by atoms with van der Waals surface area (Å²) in [6.45, 7) is 1.05. The summed E-state index contributed by atoms with van der Waals surface area (Å²) >= 11 is 3.49. The van der Waals surface area contributed by atoms with Crippen molar-refractivity contribution in [3.63, 3.8) is 0 Å². The highest BCUT2D eigenvalue weighted by atomic mass is 79.9. The summed E-state index contributed by atoms with van der Waals surface area (Å²) in [5.74, 6) is -0.451. The van der Waals surface area contributed by atoms with Gasteiger partial charge >= 0.3 is 0 Å². The summed E-state index contributed by atoms with van der Waals surface area (Å²) in [6, 6.07) is 9.20. The SMILES string of the molecule is O=C1c2cccc3c(Br)ccc(c23)C(=O)N1C[C@H]1CCCO1. The van der Waals surface area contributed by atoms with Crippen molar-refractivity contribution in [2.24, 2.45) is 0 Å². The number of ether oxygens (including phenoxy) is 1. The van der Waals surface area contributed by atoms with Crippen LogP contribution in [0.2, 0.25) is 0 Å². The van der Waals surface area contributed by atoms with E-state index in [-0.39, 0.29) is 17.9 Å². The van der Waals surface area contributed by atoms with E-state index in [1.54, 1.807) is 12.1 Å². The molecule has 0 spiro atoms. The lowest BCUT2D eigenvalue weighted by Crippen LogP contribution is -2.44. The van der Waals surface area contributed by atoms with E-state index in [2.05, 4.69) is 15.9 Å². The zero-order chi connectivity index (χ0) is 15.3. The Morgan fingerprint density at radius 1 is 1.14 bits per heavy atom. The first-order valence-corrected chi connectivity index (χ1v) is 8.15. The van der Waals surface area contributed by atoms with E-state index < -0.39 is 0 Å². The summed E-state index contributed by atoms with van der Waals surface area (Å²) in [4.78, 5) is 26.8. The van der Waals surface area contributed by atoms with Gasteiger partial charge in [0.1, 0.15) is 0 Å². The van der Waals surface area contributed by atoms with Crippen LogP contribution in [0.1, 0.15) is 33.6 Å². The Morgan fingerprint density at radius 2 is 1.91 bits per heavy atom. The van der Waals surface area contributed by atoms with Crippen LogP contribution in [0.4, 0.5) is 0 Å². The fourth-order valence-electron chi connectivity index (χ4n) is 3.27. The molecule has 2 aliphatic rings. The zero-order valence-electron chi connectivity index (χ0n) is 11.8. The molecule has 2 aromatic rings. The molecule has 0 radical (unpaired) electrons. The van der Waals surface area contributed by atoms with Crippen LogP contribution in [0.25, 0.3) is 10.8 Å². The second-order valence-electron chi connectivity index (χ2n) is 5.68. The average Bonchev–Trinajstić information content (AvgIpc) is 3.03. The minimum absolute atomic E-state index is 0.0379. The number of amides is 2. The fraction of sp³-hybridized carbons (Fsp3) is 0.294. The third-order valence-electron chi connectivity index (χ3n) is 4.35. The first-order chi connectivity index (χ1) is 10.7. The van der Waals surface area contributed by atoms with E-state index in [0.29, 0.717) is 24.3 Å². The zero-order valence-corrected chi connectivity index (χ0v) is 13.4. The van der Waals surface area contributed by atoms with E-state index in [4.69, 9.17) is 4.74 Å². The molecule has 2 aliphatic heterocycles. The Labute approximate surface area is 136 Å². The van der Waals surface area contributed by atoms with Crippen molar-refractivity contribution >= 4 is 38.5 Å². The third kappa shape index (κ3) is 2.00. The maximum Gasteiger partial charge on any atom is 0.261 e. The highest BCUT2D eigenvalue weighted by Gasteiger charge is 2.35. The van der Waals surface area contributed by atoms with Crippen LogP contribution >= 0.6 is 15.9 Å². The van der Waals surface area contributed by atoms with E-state index in [9.17, 15) is 9.59 Å². The molecule has 2 heterocycles. The summed E-state index contributed by atoms with van der Waals surface area (Å²) in [7, 11) is 0. The van der Waals surface area contributed by atoms with Crippen LogP contribution in [-0.2, 0) is 4.74 Å². The van der Waals surface area contributed by atoms with Gasteiger partial charge in [-0.2, -0.15) is 0 Å². The molecule has 0 N–H and O–H groups in total. The van der Waals surface area contributed by atoms with Crippen molar-refractivity contribution in [1.29, 1.82) is 0 Å². The highest BCUT2D eigenvalue weighted by molar-refractivity contribution is 9.10. The molecule has 22 heavy (non-hydrogen) atoms. The topological polar surface area (TPSA) is 46.6 Å². The summed E-state index contributed by atoms with van der Waals surface area (Å²) in [5.41, 5.74) is 1.18. The first kappa shape index (κ1) is 13.9. The van der Waals surface area contributed by atoms with Gasteiger partial charge in [-0.1, -0.05) is 28.1 Å². The van der Waals surface area contributed by atoms with Crippen molar-refractivity contribution in [2.75, 3.05) is 13.2 Å². The molecule has 5 heteroatoms. The molecule has 0 aliphatic carbocycles. The van der Waals surface area contributed by atoms with Gasteiger partial charge in [0.15, 0.2) is 0 Å². The van der Waals surface area contributed by atoms with E-state index >= 15 is 0 Å². The molecule has 0 unspecified atom stereocenters. The van der Waals surface area contributed by atoms with Crippen molar-refractivity contribution in [3.05, 3.63) is 45.9 Å². The van der Waals surface area contributed by atoms with Crippen molar-refractivity contribution in [1.82, 2.24) is 4.90 Å². The van der Waals surface area contributed by atoms with E-state index in [1.807, 2.05) is 18.2 Å². The molecule has 1 fully saturated rings. The smallest absolute Gasteiger partial charge is 0.261 e. The van der Waals surface area contributed by atoms with Gasteiger partial charge in [-0.3, -0.25) is 14.5 Å². The van der Waals surface area contributed by atoms with Gasteiger partial charge in [0.25, 0.3) is 11.8 Å². The molecule has 112 valence electrons. The van der Waals surface area contributed by atoms with Crippen LogP contribution in [-0.4, -0.2) is 36.0 Å². The largest absolute Gasteiger partial charge is 0.376 e. The highest BCUT2D eigenvalue weighted by Crippen LogP contribution is 2.34. The Hall–Kier alpha value is -1.72. The van der Waals surface area contributed by atoms with Gasteiger partial charge in [-0.05, 0) is 36.4 Å². The second kappa shape index (κ2) is 5.18. The van der Waals surface area contributed by atoms with Crippen LogP contribution in [0, 0.1) is 0 Å². The molecule has 1 saturated heterocycles. The number of benzene rings is 2. The van der Waals surface area contributed by atoms with Gasteiger partial charge in [-0.25, -0.2) is 0 Å². The van der Waals surface area contributed by atoms with Gasteiger partial charge < -0.3 is 4.74 Å². The molecule has 1 atom stereocenters. The van der Waals surface area contributed by atoms with E-state index in [1.165, 1.54) is 4.90 Å². The van der Waals surface area contributed by atoms with Gasteiger partial charge in [0.2, 0.25) is 0 Å². The number of halogens is 1. The van der Waals surface area contributed by atoms with Crippen molar-refractivity contribution < 1.29 is 14.3 Å². The van der Waals surface area contributed by atoms with E-state index in [0.717, 1.165) is 28.1 Å². The quantitative estimate of drug-likeness (QED) is 0.772. The monoisotopic (exact) mass is 359 g/mol. The van der Waals surface area contributed by atoms with Crippen molar-refractivity contribution in [3.8, 4) is 0 Å². The van der Waals surface area contributed by atoms with Gasteiger partial charge in [0.05, 0.1) is 12.6 Å². The molecule has 2 aromatic carbocycles. The number of imide groups is 1. The number of carbonyl (C=O) groups excluding carboxylic acids is 2. The Kier molecular flexibility index (Phi) is 3.27. The summed E-state index contributed by atoms with van der Waals surface area (Å²) in [6.07, 6.45) is 1.85. The predicted molar refractivity (Wildman–Crippen MR) is 86.0 cm³/mol. The molecule has 2 amide bonds. The number of hydrogen-bond donors (Lipinski definition) is 0. The second-order valence-corrected chi connectivity index (χ2v) is 6.53. The molecule has 0 bridgehead atoms. The molecule has 4 rings (SSSR count). The maximum atomic E-state index is 12.7. The fourth-order valence-corrected chi connectivity index (χ4v) is 3.73. The summed E-state index contributed by atoms with van der Waals surface area (Å²) in [5, 5.41) is 1.64. The molecule has 0 saturated carbocycles. The summed E-state index contributed by atoms with van der Waals surface area (Å²) < 4.78 is 6.47. The van der Waals surface area contributed by atoms with Crippen LogP contribution in [0.15, 0.2) is 34.8 Å². The van der Waals surface area contributed by atoms with Crippen LogP contribution in [0.5, 0.6) is 0 Å². The minimum atomic E-state index is -0.225. The lowest BCUT2D eigenvalue weighted by molar-refractivity contribution is 0.0437. The standard InChI is InChI=1S/C17H14BrNO3/c18-14-7-6-13-15-11(14)4-1-5-12(15)16(20)19(17(13)21)9-10-3-2-8-22-10/h1,4-7,10H,2-3,8-9H2/t10-/m1/s1.